The molecule has 4 rings (SSSR count). The molecule has 0 atom stereocenters. The second-order valence-corrected chi connectivity index (χ2v) is 7.15. The average Bonchev–Trinajstić information content (AvgIpc) is 3.05. The number of fused-ring (bicyclic) bond motifs is 3. The zero-order valence-electron chi connectivity index (χ0n) is 12.3. The number of anilines is 1. The van der Waals surface area contributed by atoms with Gasteiger partial charge < -0.3 is 10.5 Å². The molecule has 0 saturated heterocycles. The van der Waals surface area contributed by atoms with Crippen LogP contribution in [0.25, 0.3) is 11.3 Å². The molecule has 0 bridgehead atoms. The maximum absolute atomic E-state index is 12.4. The van der Waals surface area contributed by atoms with E-state index in [4.69, 9.17) is 10.5 Å². The van der Waals surface area contributed by atoms with Gasteiger partial charge in [0, 0.05) is 22.4 Å². The summed E-state index contributed by atoms with van der Waals surface area (Å²) in [5.74, 6) is 0.682. The summed E-state index contributed by atoms with van der Waals surface area (Å²) in [5.41, 5.74) is 8.86. The number of aromatic nitrogens is 1. The molecule has 2 N–H and O–H groups in total. The number of esters is 1. The molecule has 2 aromatic rings. The summed E-state index contributed by atoms with van der Waals surface area (Å²) in [4.78, 5) is 17.9. The van der Waals surface area contributed by atoms with Gasteiger partial charge in [-0.2, -0.15) is 0 Å². The van der Waals surface area contributed by atoms with E-state index in [1.54, 1.807) is 0 Å². The number of rotatable bonds is 2. The van der Waals surface area contributed by atoms with Crippen LogP contribution in [0.5, 0.6) is 5.75 Å². The van der Waals surface area contributed by atoms with Gasteiger partial charge in [0.15, 0.2) is 5.13 Å². The topological polar surface area (TPSA) is 65.2 Å². The van der Waals surface area contributed by atoms with Crippen LogP contribution in [-0.2, 0) is 11.2 Å². The lowest BCUT2D eigenvalue weighted by atomic mass is 9.89. The minimum absolute atomic E-state index is 0.0638. The van der Waals surface area contributed by atoms with E-state index in [0.29, 0.717) is 10.9 Å². The van der Waals surface area contributed by atoms with Gasteiger partial charge in [0.1, 0.15) is 5.75 Å². The van der Waals surface area contributed by atoms with E-state index >= 15 is 0 Å². The predicted octanol–water partition coefficient (Wildman–Crippen LogP) is 3.78. The quantitative estimate of drug-likeness (QED) is 0.577. The molecule has 0 spiro atoms. The first-order chi connectivity index (χ1) is 10.7. The zero-order chi connectivity index (χ0) is 15.1. The second kappa shape index (κ2) is 5.39. The van der Waals surface area contributed by atoms with Gasteiger partial charge in [-0.3, -0.25) is 4.79 Å². The van der Waals surface area contributed by atoms with Crippen molar-refractivity contribution in [1.29, 1.82) is 0 Å². The third-order valence-corrected chi connectivity index (χ3v) is 5.47. The Morgan fingerprint density at radius 2 is 2.09 bits per heavy atom. The van der Waals surface area contributed by atoms with E-state index in [-0.39, 0.29) is 11.9 Å². The van der Waals surface area contributed by atoms with E-state index in [1.165, 1.54) is 17.8 Å². The fourth-order valence-corrected chi connectivity index (χ4v) is 4.31. The number of hydrogen-bond donors (Lipinski definition) is 1. The highest BCUT2D eigenvalue weighted by atomic mass is 32.1. The van der Waals surface area contributed by atoms with Crippen LogP contribution in [0.2, 0.25) is 0 Å². The Bertz CT molecular complexity index is 732. The smallest absolute Gasteiger partial charge is 0.314 e. The maximum atomic E-state index is 12.4. The van der Waals surface area contributed by atoms with Crippen molar-refractivity contribution in [2.45, 2.75) is 38.5 Å². The first kappa shape index (κ1) is 13.8. The number of ether oxygens (including phenoxy) is 1. The summed E-state index contributed by atoms with van der Waals surface area (Å²) in [6, 6.07) is 5.84. The van der Waals surface area contributed by atoms with Crippen LogP contribution in [0.1, 0.15) is 42.5 Å². The summed E-state index contributed by atoms with van der Waals surface area (Å²) in [7, 11) is 0. The van der Waals surface area contributed by atoms with E-state index in [0.717, 1.165) is 53.8 Å². The lowest BCUT2D eigenvalue weighted by Crippen LogP contribution is -2.23. The highest BCUT2D eigenvalue weighted by Crippen LogP contribution is 2.44. The van der Waals surface area contributed by atoms with Crippen molar-refractivity contribution < 1.29 is 9.53 Å². The SMILES string of the molecule is Nc1nc2c(s1)Cc1c(OC(=O)C3CCCCC3)cccc1-2. The number of benzene rings is 1. The molecule has 5 heteroatoms. The summed E-state index contributed by atoms with van der Waals surface area (Å²) in [5, 5.41) is 0.597. The maximum Gasteiger partial charge on any atom is 0.314 e. The van der Waals surface area contributed by atoms with Crippen LogP contribution < -0.4 is 10.5 Å². The Labute approximate surface area is 133 Å². The van der Waals surface area contributed by atoms with Crippen LogP contribution in [0.15, 0.2) is 18.2 Å². The molecule has 0 radical (unpaired) electrons. The molecule has 22 heavy (non-hydrogen) atoms. The minimum atomic E-state index is -0.0733. The summed E-state index contributed by atoms with van der Waals surface area (Å²) in [6.45, 7) is 0. The van der Waals surface area contributed by atoms with Gasteiger partial charge in [0.25, 0.3) is 0 Å². The second-order valence-electron chi connectivity index (χ2n) is 6.04. The van der Waals surface area contributed by atoms with Crippen molar-refractivity contribution in [2.75, 3.05) is 5.73 Å². The molecule has 1 heterocycles. The van der Waals surface area contributed by atoms with E-state index in [1.807, 2.05) is 18.2 Å². The highest BCUT2D eigenvalue weighted by Gasteiger charge is 2.28. The fourth-order valence-electron chi connectivity index (χ4n) is 3.46. The Morgan fingerprint density at radius 3 is 2.91 bits per heavy atom. The predicted molar refractivity (Wildman–Crippen MR) is 87.0 cm³/mol. The minimum Gasteiger partial charge on any atom is -0.426 e. The van der Waals surface area contributed by atoms with Crippen LogP contribution in [-0.4, -0.2) is 11.0 Å². The molecule has 114 valence electrons. The summed E-state index contributed by atoms with van der Waals surface area (Å²) < 4.78 is 5.73. The number of nitrogen functional groups attached to an aromatic ring is 1. The molecule has 4 nitrogen and oxygen atoms in total. The number of nitrogens with two attached hydrogens (primary N) is 1. The van der Waals surface area contributed by atoms with Crippen LogP contribution >= 0.6 is 11.3 Å². The Morgan fingerprint density at radius 1 is 1.27 bits per heavy atom. The summed E-state index contributed by atoms with van der Waals surface area (Å²) >= 11 is 1.52. The van der Waals surface area contributed by atoms with E-state index in [2.05, 4.69) is 4.98 Å². The Hall–Kier alpha value is -1.88. The largest absolute Gasteiger partial charge is 0.426 e. The van der Waals surface area contributed by atoms with Gasteiger partial charge in [-0.15, -0.1) is 11.3 Å². The van der Waals surface area contributed by atoms with Crippen molar-refractivity contribution in [1.82, 2.24) is 4.98 Å². The lowest BCUT2D eigenvalue weighted by Gasteiger charge is -2.20. The third-order valence-electron chi connectivity index (χ3n) is 4.59. The van der Waals surface area contributed by atoms with Gasteiger partial charge in [-0.05, 0) is 18.9 Å². The van der Waals surface area contributed by atoms with Gasteiger partial charge >= 0.3 is 5.97 Å². The molecule has 0 unspecified atom stereocenters. The molecule has 1 fully saturated rings. The van der Waals surface area contributed by atoms with Gasteiger partial charge in [-0.1, -0.05) is 31.4 Å². The van der Waals surface area contributed by atoms with Crippen molar-refractivity contribution in [2.24, 2.45) is 5.92 Å². The molecule has 1 aromatic carbocycles. The van der Waals surface area contributed by atoms with E-state index < -0.39 is 0 Å². The van der Waals surface area contributed by atoms with Gasteiger partial charge in [0.2, 0.25) is 0 Å². The number of thiazole rings is 1. The summed E-state index contributed by atoms with van der Waals surface area (Å²) in [6.07, 6.45) is 6.17. The van der Waals surface area contributed by atoms with Crippen molar-refractivity contribution in [3.63, 3.8) is 0 Å². The first-order valence-electron chi connectivity index (χ1n) is 7.81. The standard InChI is InChI=1S/C17H18N2O2S/c18-17-19-15-11-7-4-8-13(12(11)9-14(15)22-17)21-16(20)10-5-2-1-3-6-10/h4,7-8,10H,1-3,5-6,9H2,(H2,18,19). The molecule has 2 aliphatic rings. The van der Waals surface area contributed by atoms with Gasteiger partial charge in [-0.25, -0.2) is 4.98 Å². The average molecular weight is 314 g/mol. The lowest BCUT2D eigenvalue weighted by molar-refractivity contribution is -0.140. The molecule has 1 aromatic heterocycles. The van der Waals surface area contributed by atoms with E-state index in [9.17, 15) is 4.79 Å². The van der Waals surface area contributed by atoms with Crippen LogP contribution in [0.3, 0.4) is 0 Å². The highest BCUT2D eigenvalue weighted by molar-refractivity contribution is 7.15. The molecule has 2 aliphatic carbocycles. The monoisotopic (exact) mass is 314 g/mol. The normalized spacial score (nSPS) is 17.1. The van der Waals surface area contributed by atoms with Crippen molar-refractivity contribution in [3.8, 4) is 17.0 Å². The number of carbonyl (C=O) groups excluding carboxylic acids is 1. The fraction of sp³-hybridized carbons (Fsp3) is 0.412. The Kier molecular flexibility index (Phi) is 3.37. The number of nitrogens with zero attached hydrogens (tertiary/aromatic N) is 1. The zero-order valence-corrected chi connectivity index (χ0v) is 13.1. The molecule has 0 amide bonds. The number of hydrogen-bond acceptors (Lipinski definition) is 5. The molecular weight excluding hydrogens is 296 g/mol. The number of carbonyl (C=O) groups is 1. The molecular formula is C17H18N2O2S. The van der Waals surface area contributed by atoms with Crippen LogP contribution in [0.4, 0.5) is 5.13 Å². The van der Waals surface area contributed by atoms with Gasteiger partial charge in [0.05, 0.1) is 11.6 Å². The third kappa shape index (κ3) is 2.29. The van der Waals surface area contributed by atoms with Crippen molar-refractivity contribution >= 4 is 22.4 Å². The van der Waals surface area contributed by atoms with Crippen LogP contribution in [0, 0.1) is 5.92 Å². The van der Waals surface area contributed by atoms with Crippen molar-refractivity contribution in [3.05, 3.63) is 28.6 Å². The molecule has 0 aliphatic heterocycles. The Balaban J connectivity index is 1.60. The molecule has 1 saturated carbocycles. The first-order valence-corrected chi connectivity index (χ1v) is 8.63.